The smallest absolute Gasteiger partial charge is 0.334 e. The lowest BCUT2D eigenvalue weighted by molar-refractivity contribution is -0.147. The molecule has 82 valence electrons. The first kappa shape index (κ1) is 11.5. The molecule has 2 unspecified atom stereocenters. The van der Waals surface area contributed by atoms with Gasteiger partial charge in [-0.25, -0.2) is 4.79 Å². The number of methoxy groups -OCH3 is 1. The van der Waals surface area contributed by atoms with Crippen LogP contribution in [0.2, 0.25) is 0 Å². The number of aliphatic hydroxyl groups excluding tert-OH is 1. The monoisotopic (exact) mass is 211 g/mol. The zero-order valence-electron chi connectivity index (χ0n) is 8.25. The standard InChI is InChI=1S/C10H13NO4/c1-15-7-4-2-3-6(5-7)8(11)9(12)10(13)14/h2-5,8-9,12H,11H2,1H3,(H,13,14). The lowest BCUT2D eigenvalue weighted by atomic mass is 10.0. The first-order valence-electron chi connectivity index (χ1n) is 4.36. The summed E-state index contributed by atoms with van der Waals surface area (Å²) in [7, 11) is 1.50. The van der Waals surface area contributed by atoms with Gasteiger partial charge in [0, 0.05) is 0 Å². The molecule has 0 aliphatic heterocycles. The number of hydrogen-bond acceptors (Lipinski definition) is 4. The van der Waals surface area contributed by atoms with E-state index < -0.39 is 18.1 Å². The molecular formula is C10H13NO4. The van der Waals surface area contributed by atoms with E-state index in [9.17, 15) is 9.90 Å². The van der Waals surface area contributed by atoms with Gasteiger partial charge in [0.05, 0.1) is 13.2 Å². The molecule has 0 saturated heterocycles. The van der Waals surface area contributed by atoms with E-state index in [0.717, 1.165) is 0 Å². The zero-order valence-corrected chi connectivity index (χ0v) is 8.25. The largest absolute Gasteiger partial charge is 0.497 e. The first-order valence-corrected chi connectivity index (χ1v) is 4.36. The number of ether oxygens (including phenoxy) is 1. The summed E-state index contributed by atoms with van der Waals surface area (Å²) in [5.41, 5.74) is 6.09. The Morgan fingerprint density at radius 1 is 1.53 bits per heavy atom. The molecular weight excluding hydrogens is 198 g/mol. The summed E-state index contributed by atoms with van der Waals surface area (Å²) in [6.45, 7) is 0. The fourth-order valence-electron chi connectivity index (χ4n) is 1.18. The van der Waals surface area contributed by atoms with Crippen molar-refractivity contribution in [1.82, 2.24) is 0 Å². The summed E-state index contributed by atoms with van der Waals surface area (Å²) in [4.78, 5) is 10.5. The minimum Gasteiger partial charge on any atom is -0.497 e. The van der Waals surface area contributed by atoms with Crippen molar-refractivity contribution in [3.8, 4) is 5.75 Å². The van der Waals surface area contributed by atoms with Gasteiger partial charge in [-0.3, -0.25) is 0 Å². The predicted octanol–water partition coefficient (Wildman–Crippen LogP) is 0.140. The normalized spacial score (nSPS) is 14.3. The van der Waals surface area contributed by atoms with Crippen LogP contribution in [-0.4, -0.2) is 29.4 Å². The minimum atomic E-state index is -1.61. The number of rotatable bonds is 4. The van der Waals surface area contributed by atoms with Gasteiger partial charge in [-0.15, -0.1) is 0 Å². The molecule has 1 rings (SSSR count). The van der Waals surface area contributed by atoms with Crippen molar-refractivity contribution in [2.45, 2.75) is 12.1 Å². The Hall–Kier alpha value is -1.59. The summed E-state index contributed by atoms with van der Waals surface area (Å²) in [6, 6.07) is 5.67. The third kappa shape index (κ3) is 2.68. The zero-order chi connectivity index (χ0) is 11.4. The first-order chi connectivity index (χ1) is 7.06. The van der Waals surface area contributed by atoms with Gasteiger partial charge in [0.25, 0.3) is 0 Å². The van der Waals surface area contributed by atoms with Crippen molar-refractivity contribution in [2.24, 2.45) is 5.73 Å². The van der Waals surface area contributed by atoms with Crippen molar-refractivity contribution in [1.29, 1.82) is 0 Å². The van der Waals surface area contributed by atoms with E-state index in [4.69, 9.17) is 15.6 Å². The highest BCUT2D eigenvalue weighted by Gasteiger charge is 2.23. The lowest BCUT2D eigenvalue weighted by Crippen LogP contribution is -2.33. The molecule has 0 fully saturated rings. The van der Waals surface area contributed by atoms with Crippen LogP contribution >= 0.6 is 0 Å². The molecule has 4 N–H and O–H groups in total. The molecule has 0 bridgehead atoms. The fourth-order valence-corrected chi connectivity index (χ4v) is 1.18. The van der Waals surface area contributed by atoms with Crippen LogP contribution in [0.25, 0.3) is 0 Å². The Labute approximate surface area is 87.1 Å². The second-order valence-corrected chi connectivity index (χ2v) is 3.09. The Morgan fingerprint density at radius 3 is 2.73 bits per heavy atom. The molecule has 0 aliphatic rings. The topological polar surface area (TPSA) is 92.8 Å². The fraction of sp³-hybridized carbons (Fsp3) is 0.300. The number of nitrogens with two attached hydrogens (primary N) is 1. The number of aliphatic hydroxyl groups is 1. The van der Waals surface area contributed by atoms with E-state index >= 15 is 0 Å². The van der Waals surface area contributed by atoms with Crippen LogP contribution in [0.4, 0.5) is 0 Å². The maximum Gasteiger partial charge on any atom is 0.334 e. The van der Waals surface area contributed by atoms with Crippen molar-refractivity contribution in [2.75, 3.05) is 7.11 Å². The van der Waals surface area contributed by atoms with E-state index in [1.807, 2.05) is 0 Å². The average Bonchev–Trinajstić information content (AvgIpc) is 2.27. The van der Waals surface area contributed by atoms with E-state index in [1.165, 1.54) is 7.11 Å². The van der Waals surface area contributed by atoms with Crippen LogP contribution in [0.5, 0.6) is 5.75 Å². The molecule has 0 radical (unpaired) electrons. The minimum absolute atomic E-state index is 0.518. The highest BCUT2D eigenvalue weighted by atomic mass is 16.5. The van der Waals surface area contributed by atoms with Gasteiger partial charge in [0.2, 0.25) is 0 Å². The Morgan fingerprint density at radius 2 is 2.20 bits per heavy atom. The molecule has 0 spiro atoms. The molecule has 5 nitrogen and oxygen atoms in total. The number of benzene rings is 1. The lowest BCUT2D eigenvalue weighted by Gasteiger charge is -2.15. The van der Waals surface area contributed by atoms with Crippen LogP contribution in [0.15, 0.2) is 24.3 Å². The summed E-state index contributed by atoms with van der Waals surface area (Å²) in [6.07, 6.45) is -1.61. The molecule has 0 heterocycles. The maximum atomic E-state index is 10.5. The molecule has 15 heavy (non-hydrogen) atoms. The maximum absolute atomic E-state index is 10.5. The highest BCUT2D eigenvalue weighted by molar-refractivity contribution is 5.73. The van der Waals surface area contributed by atoms with Gasteiger partial charge in [-0.05, 0) is 17.7 Å². The average molecular weight is 211 g/mol. The van der Waals surface area contributed by atoms with Crippen molar-refractivity contribution in [3.63, 3.8) is 0 Å². The molecule has 1 aromatic rings. The predicted molar refractivity (Wildman–Crippen MR) is 53.6 cm³/mol. The van der Waals surface area contributed by atoms with Crippen molar-refractivity contribution in [3.05, 3.63) is 29.8 Å². The van der Waals surface area contributed by atoms with Gasteiger partial charge >= 0.3 is 5.97 Å². The van der Waals surface area contributed by atoms with Crippen LogP contribution in [0, 0.1) is 0 Å². The Kier molecular flexibility index (Phi) is 3.65. The van der Waals surface area contributed by atoms with Gasteiger partial charge in [-0.2, -0.15) is 0 Å². The van der Waals surface area contributed by atoms with E-state index in [1.54, 1.807) is 24.3 Å². The van der Waals surface area contributed by atoms with Crippen LogP contribution in [0.1, 0.15) is 11.6 Å². The van der Waals surface area contributed by atoms with Crippen molar-refractivity contribution >= 4 is 5.97 Å². The number of hydrogen-bond donors (Lipinski definition) is 3. The second kappa shape index (κ2) is 4.77. The van der Waals surface area contributed by atoms with Crippen LogP contribution < -0.4 is 10.5 Å². The van der Waals surface area contributed by atoms with E-state index in [0.29, 0.717) is 11.3 Å². The molecule has 0 amide bonds. The van der Waals surface area contributed by atoms with Crippen molar-refractivity contribution < 1.29 is 19.7 Å². The summed E-state index contributed by atoms with van der Waals surface area (Å²) in [5, 5.41) is 17.8. The number of carboxylic acids is 1. The number of carboxylic acid groups (broad SMARTS) is 1. The SMILES string of the molecule is COc1cccc(C(N)C(O)C(=O)O)c1. The summed E-state index contributed by atoms with van der Waals surface area (Å²) < 4.78 is 4.96. The number of carbonyl (C=O) groups is 1. The molecule has 5 heteroatoms. The Bertz CT molecular complexity index is 353. The van der Waals surface area contributed by atoms with Gasteiger partial charge in [-0.1, -0.05) is 12.1 Å². The highest BCUT2D eigenvalue weighted by Crippen LogP contribution is 2.19. The third-order valence-electron chi connectivity index (χ3n) is 2.07. The third-order valence-corrected chi connectivity index (χ3v) is 2.07. The molecule has 0 aliphatic carbocycles. The molecule has 0 aromatic heterocycles. The van der Waals surface area contributed by atoms with Crippen LogP contribution in [-0.2, 0) is 4.79 Å². The molecule has 2 atom stereocenters. The summed E-state index contributed by atoms with van der Waals surface area (Å²) >= 11 is 0. The van der Waals surface area contributed by atoms with Gasteiger partial charge in [0.15, 0.2) is 6.10 Å². The second-order valence-electron chi connectivity index (χ2n) is 3.09. The van der Waals surface area contributed by atoms with Gasteiger partial charge in [0.1, 0.15) is 5.75 Å². The van der Waals surface area contributed by atoms with E-state index in [-0.39, 0.29) is 0 Å². The van der Waals surface area contributed by atoms with Gasteiger partial charge < -0.3 is 20.7 Å². The molecule has 0 saturated carbocycles. The molecule has 1 aromatic carbocycles. The number of aliphatic carboxylic acids is 1. The summed E-state index contributed by atoms with van der Waals surface area (Å²) in [5.74, 6) is -0.772. The Balaban J connectivity index is 2.90. The quantitative estimate of drug-likeness (QED) is 0.658. The van der Waals surface area contributed by atoms with E-state index in [2.05, 4.69) is 0 Å². The van der Waals surface area contributed by atoms with Crippen LogP contribution in [0.3, 0.4) is 0 Å².